The number of hydrogen-bond acceptors (Lipinski definition) is 7. The van der Waals surface area contributed by atoms with E-state index in [0.29, 0.717) is 27.9 Å². The van der Waals surface area contributed by atoms with Gasteiger partial charge in [0.25, 0.3) is 0 Å². The molecule has 0 saturated carbocycles. The molecule has 1 aromatic carbocycles. The summed E-state index contributed by atoms with van der Waals surface area (Å²) in [5.74, 6) is -0.228. The molecular weight excluding hydrogens is 443 g/mol. The molecule has 0 fully saturated rings. The summed E-state index contributed by atoms with van der Waals surface area (Å²) in [5, 5.41) is 6.10. The van der Waals surface area contributed by atoms with Crippen molar-refractivity contribution in [3.05, 3.63) is 30.5 Å². The van der Waals surface area contributed by atoms with Crippen molar-refractivity contribution in [2.45, 2.75) is 45.8 Å². The number of halogens is 3. The van der Waals surface area contributed by atoms with Crippen LogP contribution in [0.15, 0.2) is 30.5 Å². The number of fused-ring (bicyclic) bond motifs is 1. The fourth-order valence-corrected chi connectivity index (χ4v) is 4.00. The second kappa shape index (κ2) is 9.60. The van der Waals surface area contributed by atoms with Crippen molar-refractivity contribution in [2.24, 2.45) is 5.92 Å². The molecule has 0 aliphatic rings. The highest BCUT2D eigenvalue weighted by atomic mass is 32.1. The van der Waals surface area contributed by atoms with Crippen LogP contribution in [-0.2, 0) is 9.59 Å². The Kier molecular flexibility index (Phi) is 7.07. The SMILES string of the molecule is CC(=O)Nc1nc2ccc(-c3nccc(N[C@@H](C(=O)CCC(F)(F)F)C(C)C)n3)cc2s1.[HH].[HH]. The summed E-state index contributed by atoms with van der Waals surface area (Å²) in [5.41, 5.74) is 1.41. The minimum Gasteiger partial charge on any atom is -0.360 e. The molecule has 11 heteroatoms. The summed E-state index contributed by atoms with van der Waals surface area (Å²) >= 11 is 1.31. The zero-order valence-electron chi connectivity index (χ0n) is 17.7. The first-order chi connectivity index (χ1) is 15.0. The lowest BCUT2D eigenvalue weighted by atomic mass is 9.97. The summed E-state index contributed by atoms with van der Waals surface area (Å²) in [6.07, 6.45) is -4.60. The van der Waals surface area contributed by atoms with Gasteiger partial charge >= 0.3 is 6.18 Å². The van der Waals surface area contributed by atoms with Crippen LogP contribution >= 0.6 is 11.3 Å². The van der Waals surface area contributed by atoms with Gasteiger partial charge in [-0.05, 0) is 30.2 Å². The van der Waals surface area contributed by atoms with Crippen molar-refractivity contribution >= 4 is 44.2 Å². The Hall–Kier alpha value is -3.08. The predicted molar refractivity (Wildman–Crippen MR) is 122 cm³/mol. The third kappa shape index (κ3) is 6.22. The largest absolute Gasteiger partial charge is 0.389 e. The maximum absolute atomic E-state index is 12.5. The van der Waals surface area contributed by atoms with E-state index in [9.17, 15) is 22.8 Å². The van der Waals surface area contributed by atoms with Crippen LogP contribution in [0.25, 0.3) is 21.6 Å². The molecule has 2 heterocycles. The maximum atomic E-state index is 12.5. The van der Waals surface area contributed by atoms with Crippen molar-refractivity contribution in [2.75, 3.05) is 10.6 Å². The number of anilines is 2. The van der Waals surface area contributed by atoms with Crippen LogP contribution in [0, 0.1) is 5.92 Å². The summed E-state index contributed by atoms with van der Waals surface area (Å²) < 4.78 is 38.3. The highest BCUT2D eigenvalue weighted by Gasteiger charge is 2.31. The summed E-state index contributed by atoms with van der Waals surface area (Å²) in [7, 11) is 0. The number of rotatable bonds is 8. The number of carbonyl (C=O) groups excluding carboxylic acids is 2. The normalized spacial score (nSPS) is 12.7. The molecule has 2 N–H and O–H groups in total. The number of ketones is 1. The van der Waals surface area contributed by atoms with Crippen LogP contribution in [0.3, 0.4) is 0 Å². The Bertz CT molecular complexity index is 1140. The molecule has 0 unspecified atom stereocenters. The molecular formula is C21H26F3N5O2S. The van der Waals surface area contributed by atoms with Crippen molar-refractivity contribution < 1.29 is 25.6 Å². The molecule has 0 aliphatic heterocycles. The van der Waals surface area contributed by atoms with Crippen molar-refractivity contribution in [3.8, 4) is 11.4 Å². The Morgan fingerprint density at radius 1 is 1.19 bits per heavy atom. The molecule has 0 aliphatic carbocycles. The maximum Gasteiger partial charge on any atom is 0.389 e. The van der Waals surface area contributed by atoms with Gasteiger partial charge in [0.15, 0.2) is 16.7 Å². The van der Waals surface area contributed by atoms with E-state index in [2.05, 4.69) is 25.6 Å². The van der Waals surface area contributed by atoms with Crippen molar-refractivity contribution in [1.82, 2.24) is 15.0 Å². The Labute approximate surface area is 189 Å². The number of Topliss-reactive ketones (excluding diaryl/α,β-unsaturated/α-hetero) is 1. The van der Waals surface area contributed by atoms with Gasteiger partial charge in [-0.3, -0.25) is 9.59 Å². The third-order valence-corrected chi connectivity index (χ3v) is 5.49. The van der Waals surface area contributed by atoms with Gasteiger partial charge in [-0.2, -0.15) is 13.2 Å². The first-order valence-electron chi connectivity index (χ1n) is 9.89. The monoisotopic (exact) mass is 469 g/mol. The van der Waals surface area contributed by atoms with Gasteiger partial charge in [-0.25, -0.2) is 15.0 Å². The molecule has 0 radical (unpaired) electrons. The number of nitrogens with zero attached hydrogens (tertiary/aromatic N) is 3. The van der Waals surface area contributed by atoms with Crippen LogP contribution in [0.1, 0.15) is 36.5 Å². The van der Waals surface area contributed by atoms with E-state index < -0.39 is 30.8 Å². The number of alkyl halides is 3. The zero-order valence-corrected chi connectivity index (χ0v) is 18.5. The molecule has 0 spiro atoms. The lowest BCUT2D eigenvalue weighted by Gasteiger charge is -2.22. The molecule has 1 amide bonds. The number of amides is 1. The predicted octanol–water partition coefficient (Wildman–Crippen LogP) is 5.55. The van der Waals surface area contributed by atoms with E-state index in [0.717, 1.165) is 4.70 Å². The fourth-order valence-electron chi connectivity index (χ4n) is 3.04. The van der Waals surface area contributed by atoms with Gasteiger partial charge in [-0.1, -0.05) is 25.2 Å². The second-order valence-electron chi connectivity index (χ2n) is 7.60. The quantitative estimate of drug-likeness (QED) is 0.449. The van der Waals surface area contributed by atoms with E-state index in [1.54, 1.807) is 32.0 Å². The smallest absolute Gasteiger partial charge is 0.360 e. The first kappa shape index (κ1) is 23.6. The molecule has 32 heavy (non-hydrogen) atoms. The minimum atomic E-state index is -4.38. The number of carbonyl (C=O) groups is 2. The fraction of sp³-hybridized carbons (Fsp3) is 0.381. The highest BCUT2D eigenvalue weighted by molar-refractivity contribution is 7.22. The second-order valence-corrected chi connectivity index (χ2v) is 8.63. The average molecular weight is 470 g/mol. The van der Waals surface area contributed by atoms with Gasteiger partial charge in [0.2, 0.25) is 5.91 Å². The van der Waals surface area contributed by atoms with Crippen LogP contribution in [0.4, 0.5) is 24.1 Å². The number of hydrogen-bond donors (Lipinski definition) is 2. The van der Waals surface area contributed by atoms with Crippen LogP contribution < -0.4 is 10.6 Å². The molecule has 0 bridgehead atoms. The minimum absolute atomic E-state index is 0. The van der Waals surface area contributed by atoms with E-state index in [-0.39, 0.29) is 14.7 Å². The van der Waals surface area contributed by atoms with Crippen LogP contribution in [0.2, 0.25) is 0 Å². The summed E-state index contributed by atoms with van der Waals surface area (Å²) in [4.78, 5) is 36.7. The lowest BCUT2D eigenvalue weighted by Crippen LogP contribution is -2.35. The highest BCUT2D eigenvalue weighted by Crippen LogP contribution is 2.30. The molecule has 0 saturated heterocycles. The molecule has 3 aromatic rings. The van der Waals surface area contributed by atoms with Gasteiger partial charge in [0.1, 0.15) is 5.82 Å². The van der Waals surface area contributed by atoms with Gasteiger partial charge in [0.05, 0.1) is 22.7 Å². The summed E-state index contributed by atoms with van der Waals surface area (Å²) in [6, 6.07) is 6.17. The van der Waals surface area contributed by atoms with Gasteiger partial charge in [0, 0.05) is 28.0 Å². The third-order valence-electron chi connectivity index (χ3n) is 4.56. The zero-order chi connectivity index (χ0) is 23.5. The molecule has 2 aromatic heterocycles. The number of nitrogens with one attached hydrogen (secondary N) is 2. The van der Waals surface area contributed by atoms with E-state index in [1.807, 2.05) is 6.07 Å². The van der Waals surface area contributed by atoms with Crippen LogP contribution in [-0.4, -0.2) is 38.9 Å². The van der Waals surface area contributed by atoms with Crippen molar-refractivity contribution in [3.63, 3.8) is 0 Å². The number of aromatic nitrogens is 3. The first-order valence-corrected chi connectivity index (χ1v) is 10.7. The average Bonchev–Trinajstić information content (AvgIpc) is 3.10. The van der Waals surface area contributed by atoms with Crippen molar-refractivity contribution in [1.29, 1.82) is 0 Å². The Balaban J connectivity index is 0.00000289. The molecule has 1 atom stereocenters. The molecule has 174 valence electrons. The Morgan fingerprint density at radius 2 is 1.94 bits per heavy atom. The molecule has 3 rings (SSSR count). The Morgan fingerprint density at radius 3 is 2.59 bits per heavy atom. The van der Waals surface area contributed by atoms with E-state index in [4.69, 9.17) is 0 Å². The van der Waals surface area contributed by atoms with Gasteiger partial charge in [-0.15, -0.1) is 0 Å². The molecule has 7 nitrogen and oxygen atoms in total. The summed E-state index contributed by atoms with van der Waals surface area (Å²) in [6.45, 7) is 4.92. The topological polar surface area (TPSA) is 96.9 Å². The van der Waals surface area contributed by atoms with Crippen LogP contribution in [0.5, 0.6) is 0 Å². The van der Waals surface area contributed by atoms with Gasteiger partial charge < -0.3 is 10.6 Å². The van der Waals surface area contributed by atoms with E-state index >= 15 is 0 Å². The standard InChI is InChI=1S/C21H22F3N5O2S.2H2/c1-11(2)18(15(31)6-8-21(22,23)24)28-17-7-9-25-19(29-17)13-4-5-14-16(10-13)32-20(27-14)26-12(3)30;;/h4-5,7,9-11,18H,6,8H2,1-3H3,(H,25,28,29)(H,26,27,30);2*1H/t18-;;/m1../s1. The number of benzene rings is 1. The lowest BCUT2D eigenvalue weighted by molar-refractivity contribution is -0.143. The number of thiazole rings is 1. The van der Waals surface area contributed by atoms with E-state index in [1.165, 1.54) is 24.5 Å².